The van der Waals surface area contributed by atoms with Crippen molar-refractivity contribution in [1.29, 1.82) is 0 Å². The molecule has 0 saturated carbocycles. The Morgan fingerprint density at radius 3 is 1.36 bits per heavy atom. The summed E-state index contributed by atoms with van der Waals surface area (Å²) in [4.78, 5) is 0. The van der Waals surface area contributed by atoms with E-state index in [1.165, 1.54) is 11.1 Å². The smallest absolute Gasteiger partial charge is 0.0622 e. The van der Waals surface area contributed by atoms with Crippen LogP contribution in [0.15, 0.2) is 60.7 Å². The van der Waals surface area contributed by atoms with Crippen molar-refractivity contribution in [2.24, 2.45) is 0 Å². The zero-order valence-electron chi connectivity index (χ0n) is 8.35. The fourth-order valence-corrected chi connectivity index (χ4v) is 1.68. The van der Waals surface area contributed by atoms with E-state index in [1.807, 2.05) is 0 Å². The van der Waals surface area contributed by atoms with Gasteiger partial charge in [0.1, 0.15) is 7.85 Å². The van der Waals surface area contributed by atoms with Crippen LogP contribution >= 0.6 is 0 Å². The zero-order valence-corrected chi connectivity index (χ0v) is 8.35. The largest absolute Gasteiger partial charge is 0.116 e. The van der Waals surface area contributed by atoms with E-state index in [0.717, 1.165) is 0 Å². The van der Waals surface area contributed by atoms with Gasteiger partial charge in [-0.25, -0.2) is 0 Å². The van der Waals surface area contributed by atoms with Crippen LogP contribution in [0.25, 0.3) is 0 Å². The molecule has 0 spiro atoms. The predicted octanol–water partition coefficient (Wildman–Crippen LogP) is 2.41. The summed E-state index contributed by atoms with van der Waals surface area (Å²) in [6, 6.07) is 21.2. The average molecular weight is 180 g/mol. The highest BCUT2D eigenvalue weighted by atomic mass is 14.0. The maximum atomic E-state index is 2.24. The van der Waals surface area contributed by atoms with Crippen molar-refractivity contribution in [3.8, 4) is 0 Å². The van der Waals surface area contributed by atoms with Gasteiger partial charge in [0.2, 0.25) is 0 Å². The molecule has 0 aliphatic carbocycles. The summed E-state index contributed by atoms with van der Waals surface area (Å²) in [5, 5.41) is 0. The van der Waals surface area contributed by atoms with Crippen LogP contribution in [0.5, 0.6) is 0 Å². The Labute approximate surface area is 86.0 Å². The third-order valence-corrected chi connectivity index (χ3v) is 2.60. The second-order valence-corrected chi connectivity index (χ2v) is 3.54. The van der Waals surface area contributed by atoms with E-state index in [9.17, 15) is 0 Å². The van der Waals surface area contributed by atoms with E-state index >= 15 is 0 Å². The van der Waals surface area contributed by atoms with Crippen molar-refractivity contribution in [3.05, 3.63) is 71.8 Å². The maximum absolute atomic E-state index is 2.24. The summed E-state index contributed by atoms with van der Waals surface area (Å²) in [6.07, 6.45) is 0. The first-order valence-corrected chi connectivity index (χ1v) is 4.98. The summed E-state index contributed by atoms with van der Waals surface area (Å²) < 4.78 is 0. The lowest BCUT2D eigenvalue weighted by molar-refractivity contribution is 1.14. The molecule has 14 heavy (non-hydrogen) atoms. The van der Waals surface area contributed by atoms with Crippen LogP contribution in [0, 0.1) is 0 Å². The van der Waals surface area contributed by atoms with Crippen LogP contribution in [0.1, 0.15) is 16.9 Å². The molecular weight excluding hydrogens is 167 g/mol. The molecule has 2 aromatic carbocycles. The van der Waals surface area contributed by atoms with Gasteiger partial charge in [0, 0.05) is 0 Å². The molecular formula is C13H13B. The first-order valence-electron chi connectivity index (χ1n) is 4.98. The Hall–Kier alpha value is -1.50. The first-order chi connectivity index (χ1) is 6.88. The molecule has 0 nitrogen and oxygen atoms in total. The molecule has 0 aromatic heterocycles. The van der Waals surface area contributed by atoms with E-state index in [4.69, 9.17) is 0 Å². The van der Waals surface area contributed by atoms with Crippen molar-refractivity contribution >= 4 is 7.85 Å². The molecule has 0 N–H and O–H groups in total. The minimum atomic E-state index is 0.484. The van der Waals surface area contributed by atoms with Crippen molar-refractivity contribution < 1.29 is 0 Å². The maximum Gasteiger partial charge on any atom is 0.116 e. The van der Waals surface area contributed by atoms with Crippen LogP contribution in [0.4, 0.5) is 0 Å². The number of rotatable bonds is 2. The van der Waals surface area contributed by atoms with Crippen LogP contribution < -0.4 is 0 Å². The third-order valence-electron chi connectivity index (χ3n) is 2.60. The van der Waals surface area contributed by atoms with E-state index in [1.54, 1.807) is 0 Å². The normalized spacial score (nSPS) is 10.4. The first kappa shape index (κ1) is 9.08. The van der Waals surface area contributed by atoms with Crippen LogP contribution in [-0.2, 0) is 0 Å². The summed E-state index contributed by atoms with van der Waals surface area (Å²) in [7, 11) is 2.24. The van der Waals surface area contributed by atoms with Gasteiger partial charge in [-0.15, -0.1) is 0 Å². The summed E-state index contributed by atoms with van der Waals surface area (Å²) in [5.41, 5.74) is 2.75. The van der Waals surface area contributed by atoms with E-state index in [2.05, 4.69) is 68.5 Å². The quantitative estimate of drug-likeness (QED) is 0.622. The fourth-order valence-electron chi connectivity index (χ4n) is 1.68. The molecule has 0 amide bonds. The highest BCUT2D eigenvalue weighted by Crippen LogP contribution is 2.20. The van der Waals surface area contributed by atoms with Gasteiger partial charge in [0.05, 0.1) is 0 Å². The van der Waals surface area contributed by atoms with Gasteiger partial charge in [0.15, 0.2) is 0 Å². The second kappa shape index (κ2) is 4.14. The van der Waals surface area contributed by atoms with Gasteiger partial charge in [0.25, 0.3) is 0 Å². The Morgan fingerprint density at radius 2 is 1.00 bits per heavy atom. The molecule has 0 atom stereocenters. The molecule has 0 fully saturated rings. The predicted molar refractivity (Wildman–Crippen MR) is 63.3 cm³/mol. The van der Waals surface area contributed by atoms with E-state index < -0.39 is 0 Å². The lowest BCUT2D eigenvalue weighted by atomic mass is 9.76. The van der Waals surface area contributed by atoms with Gasteiger partial charge in [-0.05, 0) is 16.9 Å². The topological polar surface area (TPSA) is 0 Å². The zero-order chi connectivity index (χ0) is 9.80. The third kappa shape index (κ3) is 1.87. The van der Waals surface area contributed by atoms with Crippen molar-refractivity contribution in [2.75, 3.05) is 0 Å². The van der Waals surface area contributed by atoms with Crippen LogP contribution in [0.3, 0.4) is 0 Å². The molecule has 0 unspecified atom stereocenters. The molecule has 0 aliphatic heterocycles. The van der Waals surface area contributed by atoms with Gasteiger partial charge in [-0.2, -0.15) is 0 Å². The van der Waals surface area contributed by atoms with Crippen LogP contribution in [-0.4, -0.2) is 7.85 Å². The van der Waals surface area contributed by atoms with Crippen molar-refractivity contribution in [2.45, 2.75) is 5.82 Å². The molecule has 0 aliphatic rings. The number of hydrogen-bond donors (Lipinski definition) is 0. The lowest BCUT2D eigenvalue weighted by Crippen LogP contribution is -1.99. The second-order valence-electron chi connectivity index (χ2n) is 3.54. The Bertz CT molecular complexity index is 341. The average Bonchev–Trinajstić information content (AvgIpc) is 2.30. The minimum absolute atomic E-state index is 0.484. The summed E-state index contributed by atoms with van der Waals surface area (Å²) >= 11 is 0. The van der Waals surface area contributed by atoms with Gasteiger partial charge < -0.3 is 0 Å². The Balaban J connectivity index is 2.30. The molecule has 0 radical (unpaired) electrons. The lowest BCUT2D eigenvalue weighted by Gasteiger charge is -2.11. The fraction of sp³-hybridized carbons (Fsp3) is 0.0769. The van der Waals surface area contributed by atoms with Gasteiger partial charge >= 0.3 is 0 Å². The molecule has 0 heterocycles. The highest BCUT2D eigenvalue weighted by molar-refractivity contribution is 6.14. The van der Waals surface area contributed by atoms with Crippen molar-refractivity contribution in [3.63, 3.8) is 0 Å². The molecule has 1 heteroatoms. The number of benzene rings is 2. The standard InChI is InChI=1S/C13H13B/c14-13(11-7-3-1-4-8-11)12-9-5-2-6-10-12/h1-10,13H,14H2. The number of hydrogen-bond acceptors (Lipinski definition) is 0. The van der Waals surface area contributed by atoms with Crippen LogP contribution in [0.2, 0.25) is 0 Å². The monoisotopic (exact) mass is 180 g/mol. The Kier molecular flexibility index (Phi) is 2.69. The molecule has 68 valence electrons. The SMILES string of the molecule is BC(c1ccccc1)c1ccccc1. The summed E-state index contributed by atoms with van der Waals surface area (Å²) in [5.74, 6) is 0.484. The highest BCUT2D eigenvalue weighted by Gasteiger charge is 2.05. The van der Waals surface area contributed by atoms with Gasteiger partial charge in [-0.1, -0.05) is 60.7 Å². The minimum Gasteiger partial charge on any atom is -0.0622 e. The molecule has 0 bridgehead atoms. The van der Waals surface area contributed by atoms with Crippen molar-refractivity contribution in [1.82, 2.24) is 0 Å². The van der Waals surface area contributed by atoms with E-state index in [-0.39, 0.29) is 0 Å². The Morgan fingerprint density at radius 1 is 0.643 bits per heavy atom. The van der Waals surface area contributed by atoms with Gasteiger partial charge in [-0.3, -0.25) is 0 Å². The summed E-state index contributed by atoms with van der Waals surface area (Å²) in [6.45, 7) is 0. The molecule has 2 rings (SSSR count). The molecule has 0 saturated heterocycles. The van der Waals surface area contributed by atoms with E-state index in [0.29, 0.717) is 5.82 Å². The molecule has 2 aromatic rings.